The number of ketones is 1. The van der Waals surface area contributed by atoms with Gasteiger partial charge in [0.2, 0.25) is 0 Å². The fourth-order valence-corrected chi connectivity index (χ4v) is 8.17. The zero-order valence-electron chi connectivity index (χ0n) is 21.1. The monoisotopic (exact) mass is 468 g/mol. The number of hydrogen-bond acceptors (Lipinski definition) is 6. The normalized spacial score (nSPS) is 44.8. The van der Waals surface area contributed by atoms with Crippen molar-refractivity contribution in [3.63, 3.8) is 0 Å². The molecule has 3 saturated carbocycles. The highest BCUT2D eigenvalue weighted by atomic mass is 16.3. The zero-order chi connectivity index (χ0) is 24.6. The van der Waals surface area contributed by atoms with E-state index in [9.17, 15) is 30.3 Å². The van der Waals surface area contributed by atoms with E-state index in [4.69, 9.17) is 0 Å². The number of carbonyl (C=O) groups is 1. The molecule has 3 fully saturated rings. The second kappa shape index (κ2) is 10.6. The van der Waals surface area contributed by atoms with Gasteiger partial charge in [-0.3, -0.25) is 4.79 Å². The Kier molecular flexibility index (Phi) is 8.70. The van der Waals surface area contributed by atoms with Crippen molar-refractivity contribution >= 4 is 5.78 Å². The summed E-state index contributed by atoms with van der Waals surface area (Å²) in [6, 6.07) is 0. The molecule has 6 nitrogen and oxygen atoms in total. The standard InChI is InChI=1S/C27H48O6/c1-16(2)6-5-7-17(3)19-8-9-20(26(19,4)10-11-28)18-12-22(30)21-13-23(31)24(32)14-27(21,15-29)25(18)33/h16-24,28-32H,5-15H2,1-4H3/t17-,18+,19-,20+,21-,22-,23-,24+,26-,27-/m1/s1. The Bertz CT molecular complexity index is 667. The van der Waals surface area contributed by atoms with Gasteiger partial charge in [0, 0.05) is 18.4 Å². The minimum absolute atomic E-state index is 0.000193. The first-order valence-corrected chi connectivity index (χ1v) is 13.3. The summed E-state index contributed by atoms with van der Waals surface area (Å²) in [6.45, 7) is 8.69. The first kappa shape index (κ1) is 27.1. The maximum absolute atomic E-state index is 14.0. The van der Waals surface area contributed by atoms with Gasteiger partial charge in [-0.2, -0.15) is 0 Å². The Morgan fingerprint density at radius 3 is 2.24 bits per heavy atom. The maximum Gasteiger partial charge on any atom is 0.145 e. The number of hydrogen-bond donors (Lipinski definition) is 5. The van der Waals surface area contributed by atoms with Gasteiger partial charge >= 0.3 is 0 Å². The van der Waals surface area contributed by atoms with E-state index in [1.54, 1.807) is 0 Å². The van der Waals surface area contributed by atoms with E-state index < -0.39 is 42.2 Å². The summed E-state index contributed by atoms with van der Waals surface area (Å²) in [5.74, 6) is 0.668. The Morgan fingerprint density at radius 1 is 0.939 bits per heavy atom. The van der Waals surface area contributed by atoms with Crippen molar-refractivity contribution in [1.29, 1.82) is 0 Å². The topological polar surface area (TPSA) is 118 Å². The summed E-state index contributed by atoms with van der Waals surface area (Å²) in [4.78, 5) is 14.0. The summed E-state index contributed by atoms with van der Waals surface area (Å²) in [5.41, 5.74) is -1.40. The molecule has 0 aromatic heterocycles. The molecular weight excluding hydrogens is 420 g/mol. The van der Waals surface area contributed by atoms with Crippen LogP contribution in [0, 0.1) is 46.3 Å². The predicted octanol–water partition coefficient (Wildman–Crippen LogP) is 2.92. The lowest BCUT2D eigenvalue weighted by molar-refractivity contribution is -0.183. The van der Waals surface area contributed by atoms with Crippen molar-refractivity contribution in [1.82, 2.24) is 0 Å². The van der Waals surface area contributed by atoms with E-state index >= 15 is 0 Å². The summed E-state index contributed by atoms with van der Waals surface area (Å²) < 4.78 is 0. The van der Waals surface area contributed by atoms with Gasteiger partial charge in [0.25, 0.3) is 0 Å². The van der Waals surface area contributed by atoms with Crippen LogP contribution in [0.1, 0.15) is 85.5 Å². The molecule has 10 atom stereocenters. The largest absolute Gasteiger partial charge is 0.396 e. The Hall–Kier alpha value is -0.530. The molecule has 5 N–H and O–H groups in total. The van der Waals surface area contributed by atoms with Crippen LogP contribution in [0.3, 0.4) is 0 Å². The molecule has 3 rings (SSSR count). The lowest BCUT2D eigenvalue weighted by Gasteiger charge is -2.54. The molecule has 3 aliphatic rings. The first-order chi connectivity index (χ1) is 15.5. The number of rotatable bonds is 9. The fourth-order valence-electron chi connectivity index (χ4n) is 8.17. The molecule has 0 spiro atoms. The van der Waals surface area contributed by atoms with Gasteiger partial charge in [-0.1, -0.05) is 47.0 Å². The lowest BCUT2D eigenvalue weighted by Crippen LogP contribution is -2.62. The highest BCUT2D eigenvalue weighted by Gasteiger charge is 2.62. The quantitative estimate of drug-likeness (QED) is 0.355. The van der Waals surface area contributed by atoms with E-state index in [-0.39, 0.29) is 36.6 Å². The maximum atomic E-state index is 14.0. The number of fused-ring (bicyclic) bond motifs is 1. The first-order valence-electron chi connectivity index (χ1n) is 13.3. The number of aliphatic hydroxyl groups is 5. The minimum atomic E-state index is -1.19. The van der Waals surface area contributed by atoms with Gasteiger partial charge in [-0.15, -0.1) is 0 Å². The third-order valence-electron chi connectivity index (χ3n) is 10.0. The van der Waals surface area contributed by atoms with Crippen LogP contribution in [-0.4, -0.2) is 62.8 Å². The van der Waals surface area contributed by atoms with Gasteiger partial charge in [-0.25, -0.2) is 0 Å². The molecule has 0 heterocycles. The number of carbonyl (C=O) groups excluding carboxylic acids is 1. The van der Waals surface area contributed by atoms with Gasteiger partial charge in [0.15, 0.2) is 0 Å². The average Bonchev–Trinajstić information content (AvgIpc) is 3.08. The molecule has 0 amide bonds. The van der Waals surface area contributed by atoms with Crippen LogP contribution in [0.4, 0.5) is 0 Å². The van der Waals surface area contributed by atoms with Crippen LogP contribution < -0.4 is 0 Å². The molecule has 0 unspecified atom stereocenters. The third-order valence-corrected chi connectivity index (χ3v) is 10.0. The van der Waals surface area contributed by atoms with Crippen molar-refractivity contribution in [2.24, 2.45) is 46.3 Å². The summed E-state index contributed by atoms with van der Waals surface area (Å²) >= 11 is 0. The van der Waals surface area contributed by atoms with Crippen molar-refractivity contribution < 1.29 is 30.3 Å². The molecule has 0 saturated heterocycles. The van der Waals surface area contributed by atoms with Gasteiger partial charge < -0.3 is 25.5 Å². The smallest absolute Gasteiger partial charge is 0.145 e. The second-order valence-corrected chi connectivity index (χ2v) is 12.3. The van der Waals surface area contributed by atoms with E-state index in [1.165, 1.54) is 12.8 Å². The van der Waals surface area contributed by atoms with Crippen molar-refractivity contribution in [2.75, 3.05) is 13.2 Å². The molecule has 0 bridgehead atoms. The zero-order valence-corrected chi connectivity index (χ0v) is 21.1. The molecule has 33 heavy (non-hydrogen) atoms. The van der Waals surface area contributed by atoms with Crippen molar-refractivity contribution in [3.05, 3.63) is 0 Å². The van der Waals surface area contributed by atoms with Gasteiger partial charge in [-0.05, 0) is 67.6 Å². The molecule has 0 aliphatic heterocycles. The fraction of sp³-hybridized carbons (Fsp3) is 0.963. The van der Waals surface area contributed by atoms with Crippen LogP contribution in [0.15, 0.2) is 0 Å². The number of Topliss-reactive ketones (excluding diaryl/α,β-unsaturated/α-hetero) is 1. The number of aliphatic hydroxyl groups excluding tert-OH is 5. The lowest BCUT2D eigenvalue weighted by atomic mass is 9.50. The second-order valence-electron chi connectivity index (χ2n) is 12.3. The Labute approximate surface area is 199 Å². The Morgan fingerprint density at radius 2 is 1.64 bits per heavy atom. The van der Waals surface area contributed by atoms with Gasteiger partial charge in [0.1, 0.15) is 5.78 Å². The van der Waals surface area contributed by atoms with Crippen molar-refractivity contribution in [3.8, 4) is 0 Å². The Balaban J connectivity index is 1.86. The highest BCUT2D eigenvalue weighted by molar-refractivity contribution is 5.89. The molecule has 0 aromatic carbocycles. The van der Waals surface area contributed by atoms with E-state index in [1.807, 2.05) is 0 Å². The summed E-state index contributed by atoms with van der Waals surface area (Å²) in [7, 11) is 0. The minimum Gasteiger partial charge on any atom is -0.396 e. The van der Waals surface area contributed by atoms with E-state index in [0.717, 1.165) is 19.3 Å². The SMILES string of the molecule is CC(C)CCC[C@@H](C)[C@H]1CC[C@@H]([C@@H]2C[C@@H](O)[C@H]3C[C@@H](O)[C@@H](O)C[C@]3(CO)C2=O)[C@]1(C)CCO. The molecule has 192 valence electrons. The summed E-state index contributed by atoms with van der Waals surface area (Å²) in [6.07, 6.45) is 3.72. The predicted molar refractivity (Wildman–Crippen MR) is 127 cm³/mol. The molecule has 3 aliphatic carbocycles. The van der Waals surface area contributed by atoms with Crippen LogP contribution in [0.5, 0.6) is 0 Å². The van der Waals surface area contributed by atoms with E-state index in [0.29, 0.717) is 30.6 Å². The van der Waals surface area contributed by atoms with Crippen molar-refractivity contribution in [2.45, 2.75) is 104 Å². The summed E-state index contributed by atoms with van der Waals surface area (Å²) in [5, 5.41) is 52.0. The van der Waals surface area contributed by atoms with Gasteiger partial charge in [0.05, 0.1) is 30.3 Å². The van der Waals surface area contributed by atoms with Crippen LogP contribution in [0.25, 0.3) is 0 Å². The molecule has 0 radical (unpaired) electrons. The third kappa shape index (κ3) is 4.93. The van der Waals surface area contributed by atoms with E-state index in [2.05, 4.69) is 27.7 Å². The molecule has 0 aromatic rings. The van der Waals surface area contributed by atoms with Crippen LogP contribution in [-0.2, 0) is 4.79 Å². The van der Waals surface area contributed by atoms with Crippen LogP contribution in [0.2, 0.25) is 0 Å². The molecular formula is C27H48O6. The molecule has 6 heteroatoms. The highest BCUT2D eigenvalue weighted by Crippen LogP contribution is 2.60. The average molecular weight is 469 g/mol. The van der Waals surface area contributed by atoms with Crippen LogP contribution >= 0.6 is 0 Å².